The van der Waals surface area contributed by atoms with E-state index in [2.05, 4.69) is 23.4 Å². The third kappa shape index (κ3) is 3.56. The van der Waals surface area contributed by atoms with Crippen molar-refractivity contribution < 1.29 is 14.6 Å². The molecule has 1 aromatic heterocycles. The van der Waals surface area contributed by atoms with Gasteiger partial charge in [0.05, 0.1) is 36.8 Å². The summed E-state index contributed by atoms with van der Waals surface area (Å²) in [5.41, 5.74) is 1.08. The molecule has 0 bridgehead atoms. The standard InChI is InChI=1S/C14H22N2O3/c1-10(2)16-9-15-7-12(16)8-19-13-5-3-11(4-6-13)14(17)18/h7,9-11,13H,3-6,8H2,1-2H3,(H,17,18). The minimum Gasteiger partial charge on any atom is -0.481 e. The number of hydrogen-bond donors (Lipinski definition) is 1. The monoisotopic (exact) mass is 266 g/mol. The van der Waals surface area contributed by atoms with Crippen molar-refractivity contribution in [1.82, 2.24) is 9.55 Å². The summed E-state index contributed by atoms with van der Waals surface area (Å²) in [5.74, 6) is -0.850. The van der Waals surface area contributed by atoms with Crippen molar-refractivity contribution in [2.75, 3.05) is 0 Å². The first kappa shape index (κ1) is 14.1. The van der Waals surface area contributed by atoms with Gasteiger partial charge >= 0.3 is 5.97 Å². The average Bonchev–Trinajstić information content (AvgIpc) is 2.85. The highest BCUT2D eigenvalue weighted by atomic mass is 16.5. The lowest BCUT2D eigenvalue weighted by atomic mass is 9.87. The highest BCUT2D eigenvalue weighted by molar-refractivity contribution is 5.70. The SMILES string of the molecule is CC(C)n1cncc1COC1CCC(C(=O)O)CC1. The summed E-state index contributed by atoms with van der Waals surface area (Å²) in [7, 11) is 0. The molecular weight excluding hydrogens is 244 g/mol. The van der Waals surface area contributed by atoms with Gasteiger partial charge in [-0.15, -0.1) is 0 Å². The molecule has 1 aliphatic rings. The van der Waals surface area contributed by atoms with E-state index in [1.807, 2.05) is 12.5 Å². The molecule has 0 spiro atoms. The lowest BCUT2D eigenvalue weighted by Gasteiger charge is -2.26. The van der Waals surface area contributed by atoms with Crippen LogP contribution in [0.3, 0.4) is 0 Å². The molecule has 1 saturated carbocycles. The van der Waals surface area contributed by atoms with E-state index in [0.717, 1.165) is 31.4 Å². The maximum absolute atomic E-state index is 10.9. The van der Waals surface area contributed by atoms with E-state index in [-0.39, 0.29) is 12.0 Å². The van der Waals surface area contributed by atoms with Crippen LogP contribution in [-0.2, 0) is 16.1 Å². The molecule has 0 aromatic carbocycles. The number of aromatic nitrogens is 2. The number of hydrogen-bond acceptors (Lipinski definition) is 3. The molecule has 1 aliphatic carbocycles. The van der Waals surface area contributed by atoms with Crippen LogP contribution < -0.4 is 0 Å². The van der Waals surface area contributed by atoms with E-state index in [0.29, 0.717) is 12.6 Å². The molecule has 5 nitrogen and oxygen atoms in total. The number of carbonyl (C=O) groups is 1. The highest BCUT2D eigenvalue weighted by Gasteiger charge is 2.26. The molecule has 0 amide bonds. The van der Waals surface area contributed by atoms with Gasteiger partial charge in [-0.1, -0.05) is 0 Å². The van der Waals surface area contributed by atoms with Crippen molar-refractivity contribution >= 4 is 5.97 Å². The summed E-state index contributed by atoms with van der Waals surface area (Å²) in [6.45, 7) is 4.78. The zero-order valence-corrected chi connectivity index (χ0v) is 11.6. The Hall–Kier alpha value is -1.36. The van der Waals surface area contributed by atoms with Gasteiger partial charge in [-0.05, 0) is 39.5 Å². The van der Waals surface area contributed by atoms with E-state index in [4.69, 9.17) is 9.84 Å². The van der Waals surface area contributed by atoms with Gasteiger partial charge in [-0.25, -0.2) is 4.98 Å². The van der Waals surface area contributed by atoms with Crippen LogP contribution in [-0.4, -0.2) is 26.7 Å². The Labute approximate surface area is 113 Å². The minimum absolute atomic E-state index is 0.180. The fraction of sp³-hybridized carbons (Fsp3) is 0.714. The summed E-state index contributed by atoms with van der Waals surface area (Å²) >= 11 is 0. The fourth-order valence-electron chi connectivity index (χ4n) is 2.59. The van der Waals surface area contributed by atoms with Crippen LogP contribution in [0.25, 0.3) is 0 Å². The molecule has 1 N–H and O–H groups in total. The summed E-state index contributed by atoms with van der Waals surface area (Å²) in [4.78, 5) is 15.0. The third-order valence-electron chi connectivity index (χ3n) is 3.79. The second kappa shape index (κ2) is 6.19. The predicted molar refractivity (Wildman–Crippen MR) is 70.8 cm³/mol. The smallest absolute Gasteiger partial charge is 0.306 e. The van der Waals surface area contributed by atoms with Crippen molar-refractivity contribution in [3.8, 4) is 0 Å². The normalized spacial score (nSPS) is 23.7. The Balaban J connectivity index is 1.80. The Morgan fingerprint density at radius 3 is 2.74 bits per heavy atom. The van der Waals surface area contributed by atoms with Crippen molar-refractivity contribution in [2.45, 2.75) is 58.3 Å². The molecule has 1 heterocycles. The van der Waals surface area contributed by atoms with Crippen LogP contribution in [0, 0.1) is 5.92 Å². The molecule has 0 radical (unpaired) electrons. The van der Waals surface area contributed by atoms with Crippen LogP contribution in [0.1, 0.15) is 51.3 Å². The van der Waals surface area contributed by atoms with Gasteiger partial charge in [-0.2, -0.15) is 0 Å². The van der Waals surface area contributed by atoms with Crippen LogP contribution >= 0.6 is 0 Å². The third-order valence-corrected chi connectivity index (χ3v) is 3.79. The second-order valence-corrected chi connectivity index (χ2v) is 5.51. The van der Waals surface area contributed by atoms with E-state index in [1.54, 1.807) is 0 Å². The maximum Gasteiger partial charge on any atom is 0.306 e. The summed E-state index contributed by atoms with van der Waals surface area (Å²) < 4.78 is 7.99. The Morgan fingerprint density at radius 1 is 1.47 bits per heavy atom. The highest BCUT2D eigenvalue weighted by Crippen LogP contribution is 2.27. The summed E-state index contributed by atoms with van der Waals surface area (Å²) in [6.07, 6.45) is 6.98. The van der Waals surface area contributed by atoms with Crippen molar-refractivity contribution in [3.63, 3.8) is 0 Å². The molecule has 0 unspecified atom stereocenters. The van der Waals surface area contributed by atoms with Crippen LogP contribution in [0.15, 0.2) is 12.5 Å². The zero-order chi connectivity index (χ0) is 13.8. The number of carboxylic acids is 1. The molecule has 19 heavy (non-hydrogen) atoms. The van der Waals surface area contributed by atoms with Gasteiger partial charge in [0.25, 0.3) is 0 Å². The van der Waals surface area contributed by atoms with Gasteiger partial charge < -0.3 is 14.4 Å². The number of aliphatic carboxylic acids is 1. The lowest BCUT2D eigenvalue weighted by molar-refractivity contribution is -0.143. The largest absolute Gasteiger partial charge is 0.481 e. The van der Waals surface area contributed by atoms with E-state index < -0.39 is 5.97 Å². The van der Waals surface area contributed by atoms with Crippen molar-refractivity contribution in [2.24, 2.45) is 5.92 Å². The molecule has 106 valence electrons. The van der Waals surface area contributed by atoms with Gasteiger partial charge in [0.15, 0.2) is 0 Å². The van der Waals surface area contributed by atoms with E-state index in [1.165, 1.54) is 0 Å². The molecule has 1 fully saturated rings. The molecule has 0 aliphatic heterocycles. The Kier molecular flexibility index (Phi) is 4.58. The first-order valence-corrected chi connectivity index (χ1v) is 6.93. The van der Waals surface area contributed by atoms with E-state index >= 15 is 0 Å². The molecule has 5 heteroatoms. The Bertz CT molecular complexity index is 420. The number of carboxylic acid groups (broad SMARTS) is 1. The first-order chi connectivity index (χ1) is 9.08. The van der Waals surface area contributed by atoms with Crippen LogP contribution in [0.4, 0.5) is 0 Å². The minimum atomic E-state index is -0.670. The number of imidazole rings is 1. The van der Waals surface area contributed by atoms with Gasteiger partial charge in [0.2, 0.25) is 0 Å². The van der Waals surface area contributed by atoms with E-state index in [9.17, 15) is 4.79 Å². The van der Waals surface area contributed by atoms with Crippen molar-refractivity contribution in [3.05, 3.63) is 18.2 Å². The number of rotatable bonds is 5. The molecule has 0 atom stereocenters. The quantitative estimate of drug-likeness (QED) is 0.889. The lowest BCUT2D eigenvalue weighted by Crippen LogP contribution is -2.26. The number of nitrogens with zero attached hydrogens (tertiary/aromatic N) is 2. The average molecular weight is 266 g/mol. The summed E-state index contributed by atoms with van der Waals surface area (Å²) in [5, 5.41) is 8.95. The fourth-order valence-corrected chi connectivity index (χ4v) is 2.59. The first-order valence-electron chi connectivity index (χ1n) is 6.93. The predicted octanol–water partition coefficient (Wildman–Crippen LogP) is 2.62. The summed E-state index contributed by atoms with van der Waals surface area (Å²) in [6, 6.07) is 0.379. The molecule has 1 aromatic rings. The maximum atomic E-state index is 10.9. The molecule has 2 rings (SSSR count). The Morgan fingerprint density at radius 2 is 2.16 bits per heavy atom. The van der Waals surface area contributed by atoms with Crippen molar-refractivity contribution in [1.29, 1.82) is 0 Å². The molecular formula is C14H22N2O3. The molecule has 0 saturated heterocycles. The van der Waals surface area contributed by atoms with Gasteiger partial charge in [0.1, 0.15) is 0 Å². The van der Waals surface area contributed by atoms with Gasteiger partial charge in [0, 0.05) is 6.04 Å². The zero-order valence-electron chi connectivity index (χ0n) is 11.6. The topological polar surface area (TPSA) is 64.4 Å². The second-order valence-electron chi connectivity index (χ2n) is 5.51. The van der Waals surface area contributed by atoms with Gasteiger partial charge in [-0.3, -0.25) is 4.79 Å². The number of ether oxygens (including phenoxy) is 1. The van der Waals surface area contributed by atoms with Crippen LogP contribution in [0.2, 0.25) is 0 Å². The van der Waals surface area contributed by atoms with Crippen LogP contribution in [0.5, 0.6) is 0 Å².